The molecular formula is C18H19NO3S. The molecule has 0 atom stereocenters. The van der Waals surface area contributed by atoms with Crippen molar-refractivity contribution in [2.45, 2.75) is 18.7 Å². The summed E-state index contributed by atoms with van der Waals surface area (Å²) in [5.41, 5.74) is 3.22. The van der Waals surface area contributed by atoms with E-state index in [9.17, 15) is 4.79 Å². The molecule has 0 spiro atoms. The molecule has 2 aromatic carbocycles. The van der Waals surface area contributed by atoms with E-state index in [1.807, 2.05) is 43.3 Å². The van der Waals surface area contributed by atoms with Gasteiger partial charge in [0.2, 0.25) is 5.91 Å². The number of fused-ring (bicyclic) bond motifs is 1. The van der Waals surface area contributed by atoms with Crippen LogP contribution in [-0.4, -0.2) is 24.9 Å². The van der Waals surface area contributed by atoms with Crippen LogP contribution in [0.3, 0.4) is 0 Å². The lowest BCUT2D eigenvalue weighted by Crippen LogP contribution is -2.15. The van der Waals surface area contributed by atoms with E-state index in [0.29, 0.717) is 19.0 Å². The van der Waals surface area contributed by atoms with Gasteiger partial charge in [0.05, 0.1) is 5.75 Å². The predicted molar refractivity (Wildman–Crippen MR) is 92.7 cm³/mol. The van der Waals surface area contributed by atoms with Gasteiger partial charge in [0, 0.05) is 10.6 Å². The first-order valence-electron chi connectivity index (χ1n) is 7.51. The van der Waals surface area contributed by atoms with Crippen LogP contribution in [0, 0.1) is 13.8 Å². The zero-order valence-corrected chi connectivity index (χ0v) is 14.0. The van der Waals surface area contributed by atoms with Crippen LogP contribution in [0.15, 0.2) is 41.3 Å². The number of anilines is 1. The van der Waals surface area contributed by atoms with Crippen molar-refractivity contribution in [3.05, 3.63) is 47.5 Å². The number of hydrogen-bond acceptors (Lipinski definition) is 4. The molecule has 0 fully saturated rings. The summed E-state index contributed by atoms with van der Waals surface area (Å²) >= 11 is 1.48. The summed E-state index contributed by atoms with van der Waals surface area (Å²) in [7, 11) is 0. The van der Waals surface area contributed by atoms with Gasteiger partial charge in [-0.1, -0.05) is 6.07 Å². The van der Waals surface area contributed by atoms with Crippen LogP contribution in [0.25, 0.3) is 0 Å². The minimum atomic E-state index is -0.0202. The maximum absolute atomic E-state index is 12.1. The van der Waals surface area contributed by atoms with Gasteiger partial charge in [0.15, 0.2) is 11.5 Å². The summed E-state index contributed by atoms with van der Waals surface area (Å²) < 4.78 is 11.0. The Hall–Kier alpha value is -2.14. The van der Waals surface area contributed by atoms with Crippen LogP contribution in [-0.2, 0) is 4.79 Å². The van der Waals surface area contributed by atoms with Crippen LogP contribution in [0.1, 0.15) is 11.1 Å². The number of aryl methyl sites for hydroxylation is 2. The van der Waals surface area contributed by atoms with Gasteiger partial charge in [0.25, 0.3) is 0 Å². The molecule has 0 saturated carbocycles. The number of amides is 1. The summed E-state index contributed by atoms with van der Waals surface area (Å²) in [6.45, 7) is 5.24. The highest BCUT2D eigenvalue weighted by molar-refractivity contribution is 8.00. The summed E-state index contributed by atoms with van der Waals surface area (Å²) in [5.74, 6) is 1.84. The normalized spacial score (nSPS) is 12.8. The number of benzene rings is 2. The molecule has 0 aliphatic carbocycles. The Labute approximate surface area is 140 Å². The van der Waals surface area contributed by atoms with Crippen LogP contribution in [0.4, 0.5) is 5.69 Å². The molecular weight excluding hydrogens is 310 g/mol. The Kier molecular flexibility index (Phi) is 4.76. The lowest BCUT2D eigenvalue weighted by atomic mass is 10.1. The summed E-state index contributed by atoms with van der Waals surface area (Å²) in [6.07, 6.45) is 0. The molecule has 1 amide bonds. The summed E-state index contributed by atoms with van der Waals surface area (Å²) in [6, 6.07) is 11.7. The maximum atomic E-state index is 12.1. The third kappa shape index (κ3) is 3.99. The van der Waals surface area contributed by atoms with E-state index < -0.39 is 0 Å². The molecule has 1 aliphatic heterocycles. The van der Waals surface area contributed by atoms with Crippen molar-refractivity contribution in [2.75, 3.05) is 24.3 Å². The van der Waals surface area contributed by atoms with Crippen molar-refractivity contribution < 1.29 is 14.3 Å². The highest BCUT2D eigenvalue weighted by Gasteiger charge is 2.12. The Morgan fingerprint density at radius 2 is 1.83 bits per heavy atom. The van der Waals surface area contributed by atoms with E-state index in [0.717, 1.165) is 22.1 Å². The third-order valence-corrected chi connectivity index (χ3v) is 4.67. The van der Waals surface area contributed by atoms with E-state index in [2.05, 4.69) is 12.2 Å². The number of hydrogen-bond donors (Lipinski definition) is 1. The average molecular weight is 329 g/mol. The van der Waals surface area contributed by atoms with Gasteiger partial charge in [-0.2, -0.15) is 0 Å². The zero-order chi connectivity index (χ0) is 16.2. The van der Waals surface area contributed by atoms with Gasteiger partial charge in [-0.15, -0.1) is 11.8 Å². The van der Waals surface area contributed by atoms with Crippen molar-refractivity contribution in [3.63, 3.8) is 0 Å². The Bertz CT molecular complexity index is 730. The van der Waals surface area contributed by atoms with E-state index in [-0.39, 0.29) is 5.91 Å². The third-order valence-electron chi connectivity index (χ3n) is 3.67. The summed E-state index contributed by atoms with van der Waals surface area (Å²) in [5, 5.41) is 2.93. The Morgan fingerprint density at radius 3 is 2.61 bits per heavy atom. The lowest BCUT2D eigenvalue weighted by Gasteiger charge is -2.18. The van der Waals surface area contributed by atoms with E-state index in [1.165, 1.54) is 22.9 Å². The molecule has 0 saturated heterocycles. The van der Waals surface area contributed by atoms with Crippen molar-refractivity contribution >= 4 is 23.4 Å². The first-order valence-corrected chi connectivity index (χ1v) is 8.50. The number of carbonyl (C=O) groups excluding carboxylic acids is 1. The van der Waals surface area contributed by atoms with Gasteiger partial charge in [-0.3, -0.25) is 4.79 Å². The van der Waals surface area contributed by atoms with E-state index >= 15 is 0 Å². The molecule has 0 bridgehead atoms. The fourth-order valence-electron chi connectivity index (χ4n) is 2.28. The quantitative estimate of drug-likeness (QED) is 0.867. The van der Waals surface area contributed by atoms with Crippen LogP contribution < -0.4 is 14.8 Å². The molecule has 0 aromatic heterocycles. The number of ether oxygens (including phenoxy) is 2. The van der Waals surface area contributed by atoms with Crippen molar-refractivity contribution in [2.24, 2.45) is 0 Å². The van der Waals surface area contributed by atoms with E-state index in [4.69, 9.17) is 9.47 Å². The standard InChI is InChI=1S/C18H19NO3S/c1-12-3-4-14(9-13(12)2)19-18(20)11-23-15-5-6-16-17(10-15)22-8-7-21-16/h3-6,9-10H,7-8,11H2,1-2H3,(H,19,20). The number of thioether (sulfide) groups is 1. The molecule has 1 heterocycles. The van der Waals surface area contributed by atoms with Gasteiger partial charge < -0.3 is 14.8 Å². The molecule has 3 rings (SSSR count). The van der Waals surface area contributed by atoms with Crippen molar-refractivity contribution in [1.82, 2.24) is 0 Å². The summed E-state index contributed by atoms with van der Waals surface area (Å²) in [4.78, 5) is 13.1. The van der Waals surface area contributed by atoms with Crippen LogP contribution in [0.2, 0.25) is 0 Å². The minimum Gasteiger partial charge on any atom is -0.486 e. The van der Waals surface area contributed by atoms with Gasteiger partial charge >= 0.3 is 0 Å². The SMILES string of the molecule is Cc1ccc(NC(=O)CSc2ccc3c(c2)OCCO3)cc1C. The number of rotatable bonds is 4. The van der Waals surface area contributed by atoms with Gasteiger partial charge in [0.1, 0.15) is 13.2 Å². The number of nitrogens with one attached hydrogen (secondary N) is 1. The van der Waals surface area contributed by atoms with Gasteiger partial charge in [-0.25, -0.2) is 0 Å². The Morgan fingerprint density at radius 1 is 1.04 bits per heavy atom. The molecule has 2 aromatic rings. The van der Waals surface area contributed by atoms with Gasteiger partial charge in [-0.05, 0) is 55.3 Å². The number of carbonyl (C=O) groups is 1. The highest BCUT2D eigenvalue weighted by atomic mass is 32.2. The monoisotopic (exact) mass is 329 g/mol. The second kappa shape index (κ2) is 6.96. The minimum absolute atomic E-state index is 0.0202. The average Bonchev–Trinajstić information content (AvgIpc) is 2.56. The zero-order valence-electron chi connectivity index (χ0n) is 13.2. The molecule has 0 radical (unpaired) electrons. The predicted octanol–water partition coefficient (Wildman–Crippen LogP) is 3.81. The highest BCUT2D eigenvalue weighted by Crippen LogP contribution is 2.34. The maximum Gasteiger partial charge on any atom is 0.234 e. The molecule has 4 nitrogen and oxygen atoms in total. The fraction of sp³-hybridized carbons (Fsp3) is 0.278. The molecule has 0 unspecified atom stereocenters. The molecule has 1 aliphatic rings. The molecule has 5 heteroatoms. The first-order chi connectivity index (χ1) is 11.1. The topological polar surface area (TPSA) is 47.6 Å². The fourth-order valence-corrected chi connectivity index (χ4v) is 3.00. The largest absolute Gasteiger partial charge is 0.486 e. The van der Waals surface area contributed by atoms with Crippen molar-refractivity contribution in [3.8, 4) is 11.5 Å². The molecule has 1 N–H and O–H groups in total. The second-order valence-corrected chi connectivity index (χ2v) is 6.49. The van der Waals surface area contributed by atoms with Crippen LogP contribution in [0.5, 0.6) is 11.5 Å². The van der Waals surface area contributed by atoms with E-state index in [1.54, 1.807) is 0 Å². The van der Waals surface area contributed by atoms with Crippen molar-refractivity contribution in [1.29, 1.82) is 0 Å². The Balaban J connectivity index is 1.57. The second-order valence-electron chi connectivity index (χ2n) is 5.44. The molecule has 23 heavy (non-hydrogen) atoms. The molecule has 120 valence electrons. The first kappa shape index (κ1) is 15.7. The van der Waals surface area contributed by atoms with Crippen LogP contribution >= 0.6 is 11.8 Å². The smallest absolute Gasteiger partial charge is 0.234 e. The lowest BCUT2D eigenvalue weighted by molar-refractivity contribution is -0.113.